The average Bonchev–Trinajstić information content (AvgIpc) is 2.71. The summed E-state index contributed by atoms with van der Waals surface area (Å²) in [6.07, 6.45) is 2.64. The maximum atomic E-state index is 11.9. The zero-order valence-corrected chi connectivity index (χ0v) is 16.1. The molecule has 2 N–H and O–H groups in total. The molecular weight excluding hydrogens is 358 g/mol. The summed E-state index contributed by atoms with van der Waals surface area (Å²) in [6, 6.07) is 14.6. The Morgan fingerprint density at radius 2 is 1.86 bits per heavy atom. The number of benzene rings is 2. The smallest absolute Gasteiger partial charge is 0.259 e. The highest BCUT2D eigenvalue weighted by Gasteiger charge is 2.06. The van der Waals surface area contributed by atoms with E-state index in [9.17, 15) is 9.59 Å². The van der Waals surface area contributed by atoms with Gasteiger partial charge in [-0.05, 0) is 41.8 Å². The van der Waals surface area contributed by atoms with Crippen LogP contribution in [0.5, 0.6) is 11.5 Å². The van der Waals surface area contributed by atoms with Gasteiger partial charge in [0.2, 0.25) is 5.91 Å². The molecule has 2 aromatic carbocycles. The second kappa shape index (κ2) is 11.4. The van der Waals surface area contributed by atoms with Gasteiger partial charge in [0.1, 0.15) is 11.5 Å². The van der Waals surface area contributed by atoms with E-state index >= 15 is 0 Å². The number of carbonyl (C=O) groups is 2. The first-order valence-corrected chi connectivity index (χ1v) is 9.05. The Hall–Kier alpha value is -3.35. The molecule has 7 heteroatoms. The molecule has 0 unspecified atom stereocenters. The Bertz CT molecular complexity index is 804. The highest BCUT2D eigenvalue weighted by atomic mass is 16.5. The van der Waals surface area contributed by atoms with E-state index in [1.54, 1.807) is 31.4 Å². The van der Waals surface area contributed by atoms with Crippen LogP contribution in [0, 0.1) is 0 Å². The van der Waals surface area contributed by atoms with E-state index in [0.717, 1.165) is 29.0 Å². The first-order valence-electron chi connectivity index (χ1n) is 9.05. The molecule has 0 aliphatic heterocycles. The van der Waals surface area contributed by atoms with Crippen molar-refractivity contribution in [3.05, 3.63) is 59.7 Å². The molecule has 7 nitrogen and oxygen atoms in total. The van der Waals surface area contributed by atoms with E-state index in [-0.39, 0.29) is 18.9 Å². The third-order valence-corrected chi connectivity index (χ3v) is 3.70. The topological polar surface area (TPSA) is 89.0 Å². The normalized spacial score (nSPS) is 10.5. The molecule has 0 spiro atoms. The standard InChI is InChI=1S/C21H25N3O4/c1-3-11-28-19-6-4-5-17(12-19)14-23-24-21(26)15-22-20(25)13-16-7-9-18(27-2)10-8-16/h4-10,12,14H,3,11,13,15H2,1-2H3,(H,22,25)(H,24,26). The molecule has 2 amide bonds. The van der Waals surface area contributed by atoms with Gasteiger partial charge in [-0.15, -0.1) is 0 Å². The Morgan fingerprint density at radius 1 is 1.07 bits per heavy atom. The predicted molar refractivity (Wildman–Crippen MR) is 108 cm³/mol. The lowest BCUT2D eigenvalue weighted by atomic mass is 10.1. The van der Waals surface area contributed by atoms with Gasteiger partial charge < -0.3 is 14.8 Å². The molecule has 148 valence electrons. The van der Waals surface area contributed by atoms with Crippen LogP contribution >= 0.6 is 0 Å². The van der Waals surface area contributed by atoms with E-state index in [0.29, 0.717) is 6.61 Å². The molecule has 28 heavy (non-hydrogen) atoms. The Kier molecular flexibility index (Phi) is 8.52. The molecule has 0 saturated heterocycles. The summed E-state index contributed by atoms with van der Waals surface area (Å²) in [7, 11) is 1.58. The van der Waals surface area contributed by atoms with E-state index < -0.39 is 5.91 Å². The van der Waals surface area contributed by atoms with Crippen molar-refractivity contribution in [1.29, 1.82) is 0 Å². The molecule has 0 saturated carbocycles. The van der Waals surface area contributed by atoms with Gasteiger partial charge in [-0.1, -0.05) is 31.2 Å². The van der Waals surface area contributed by atoms with Crippen molar-refractivity contribution in [1.82, 2.24) is 10.7 Å². The molecule has 0 aromatic heterocycles. The van der Waals surface area contributed by atoms with Gasteiger partial charge >= 0.3 is 0 Å². The fourth-order valence-electron chi connectivity index (χ4n) is 2.29. The highest BCUT2D eigenvalue weighted by Crippen LogP contribution is 2.12. The third-order valence-electron chi connectivity index (χ3n) is 3.70. The summed E-state index contributed by atoms with van der Waals surface area (Å²) in [5.74, 6) is 0.828. The lowest BCUT2D eigenvalue weighted by Crippen LogP contribution is -2.35. The number of hydrogen-bond donors (Lipinski definition) is 2. The van der Waals surface area contributed by atoms with Crippen LogP contribution in [0.1, 0.15) is 24.5 Å². The molecule has 0 aliphatic carbocycles. The largest absolute Gasteiger partial charge is 0.497 e. The second-order valence-corrected chi connectivity index (χ2v) is 6.02. The second-order valence-electron chi connectivity index (χ2n) is 6.02. The number of rotatable bonds is 10. The van der Waals surface area contributed by atoms with Gasteiger partial charge in [0.15, 0.2) is 0 Å². The van der Waals surface area contributed by atoms with Gasteiger partial charge in [0.25, 0.3) is 5.91 Å². The van der Waals surface area contributed by atoms with Crippen LogP contribution in [-0.4, -0.2) is 38.3 Å². The minimum absolute atomic E-state index is 0.147. The fourth-order valence-corrected chi connectivity index (χ4v) is 2.29. The van der Waals surface area contributed by atoms with Gasteiger partial charge in [-0.3, -0.25) is 9.59 Å². The molecule has 0 fully saturated rings. The van der Waals surface area contributed by atoms with E-state index in [4.69, 9.17) is 9.47 Å². The van der Waals surface area contributed by atoms with Gasteiger partial charge in [0.05, 0.1) is 32.9 Å². The van der Waals surface area contributed by atoms with Crippen LogP contribution in [0.15, 0.2) is 53.6 Å². The zero-order valence-electron chi connectivity index (χ0n) is 16.1. The minimum Gasteiger partial charge on any atom is -0.497 e. The Balaban J connectivity index is 1.73. The minimum atomic E-state index is -0.405. The number of nitrogens with zero attached hydrogens (tertiary/aromatic N) is 1. The number of carbonyl (C=O) groups excluding carboxylic acids is 2. The number of amides is 2. The first kappa shape index (κ1) is 21.0. The lowest BCUT2D eigenvalue weighted by molar-refractivity contribution is -0.125. The molecule has 0 bridgehead atoms. The van der Waals surface area contributed by atoms with Crippen LogP contribution in [-0.2, 0) is 16.0 Å². The van der Waals surface area contributed by atoms with Crippen LogP contribution in [0.4, 0.5) is 0 Å². The summed E-state index contributed by atoms with van der Waals surface area (Å²) in [6.45, 7) is 2.54. The monoisotopic (exact) mass is 383 g/mol. The summed E-state index contributed by atoms with van der Waals surface area (Å²) >= 11 is 0. The van der Waals surface area contributed by atoms with Gasteiger partial charge in [-0.2, -0.15) is 5.10 Å². The first-order chi connectivity index (χ1) is 13.6. The SMILES string of the molecule is CCCOc1cccc(C=NNC(=O)CNC(=O)Cc2ccc(OC)cc2)c1. The van der Waals surface area contributed by atoms with Crippen molar-refractivity contribution < 1.29 is 19.1 Å². The van der Waals surface area contributed by atoms with E-state index in [1.807, 2.05) is 31.2 Å². The number of hydrazone groups is 1. The van der Waals surface area contributed by atoms with Crippen LogP contribution in [0.25, 0.3) is 0 Å². The number of nitrogens with one attached hydrogen (secondary N) is 2. The number of methoxy groups -OCH3 is 1. The quantitative estimate of drug-likeness (QED) is 0.487. The van der Waals surface area contributed by atoms with E-state index in [2.05, 4.69) is 15.8 Å². The van der Waals surface area contributed by atoms with Crippen molar-refractivity contribution in [3.8, 4) is 11.5 Å². The molecule has 2 aromatic rings. The van der Waals surface area contributed by atoms with Crippen LogP contribution in [0.2, 0.25) is 0 Å². The highest BCUT2D eigenvalue weighted by molar-refractivity contribution is 5.87. The predicted octanol–water partition coefficient (Wildman–Crippen LogP) is 2.29. The molecular formula is C21H25N3O4. The summed E-state index contributed by atoms with van der Waals surface area (Å²) in [5.41, 5.74) is 4.02. The fraction of sp³-hybridized carbons (Fsp3) is 0.286. The molecule has 0 heterocycles. The molecule has 0 aliphatic rings. The summed E-state index contributed by atoms with van der Waals surface area (Å²) in [4.78, 5) is 23.7. The lowest BCUT2D eigenvalue weighted by Gasteiger charge is -2.06. The zero-order chi connectivity index (χ0) is 20.2. The van der Waals surface area contributed by atoms with Crippen LogP contribution in [0.3, 0.4) is 0 Å². The van der Waals surface area contributed by atoms with Gasteiger partial charge in [-0.25, -0.2) is 5.43 Å². The molecule has 0 radical (unpaired) electrons. The molecule has 0 atom stereocenters. The number of ether oxygens (including phenoxy) is 2. The third kappa shape index (κ3) is 7.49. The van der Waals surface area contributed by atoms with Crippen molar-refractivity contribution >= 4 is 18.0 Å². The van der Waals surface area contributed by atoms with Crippen molar-refractivity contribution in [3.63, 3.8) is 0 Å². The molecule has 2 rings (SSSR count). The Morgan fingerprint density at radius 3 is 2.57 bits per heavy atom. The summed E-state index contributed by atoms with van der Waals surface area (Å²) in [5, 5.41) is 6.46. The van der Waals surface area contributed by atoms with Crippen molar-refractivity contribution in [2.24, 2.45) is 5.10 Å². The van der Waals surface area contributed by atoms with Crippen molar-refractivity contribution in [2.45, 2.75) is 19.8 Å². The average molecular weight is 383 g/mol. The van der Waals surface area contributed by atoms with Crippen LogP contribution < -0.4 is 20.2 Å². The van der Waals surface area contributed by atoms with Gasteiger partial charge in [0, 0.05) is 0 Å². The summed E-state index contributed by atoms with van der Waals surface area (Å²) < 4.78 is 10.6. The maximum Gasteiger partial charge on any atom is 0.259 e. The Labute approximate surface area is 164 Å². The maximum absolute atomic E-state index is 11.9. The van der Waals surface area contributed by atoms with E-state index in [1.165, 1.54) is 6.21 Å². The number of hydrogen-bond acceptors (Lipinski definition) is 5. The van der Waals surface area contributed by atoms with Crippen molar-refractivity contribution in [2.75, 3.05) is 20.3 Å².